The minimum atomic E-state index is -3.73. The van der Waals surface area contributed by atoms with E-state index in [-0.39, 0.29) is 37.4 Å². The minimum Gasteiger partial charge on any atom is -0.493 e. The maximum atomic E-state index is 12.1. The number of aliphatic carboxylic acids is 1. The Balaban J connectivity index is 1.89. The Morgan fingerprint density at radius 2 is 2.04 bits per heavy atom. The lowest BCUT2D eigenvalue weighted by atomic mass is 10.2. The van der Waals surface area contributed by atoms with Gasteiger partial charge in [0.05, 0.1) is 18.8 Å². The second kappa shape index (κ2) is 7.51. The molecule has 2 rings (SSSR count). The average molecular weight is 370 g/mol. The lowest BCUT2D eigenvalue weighted by molar-refractivity contribution is -0.138. The predicted molar refractivity (Wildman–Crippen MR) is 86.9 cm³/mol. The van der Waals surface area contributed by atoms with Crippen molar-refractivity contribution in [3.63, 3.8) is 0 Å². The molecule has 2 amide bonds. The Morgan fingerprint density at radius 1 is 1.32 bits per heavy atom. The fourth-order valence-electron chi connectivity index (χ4n) is 2.40. The van der Waals surface area contributed by atoms with Crippen molar-refractivity contribution in [2.45, 2.75) is 11.7 Å². The molecule has 3 N–H and O–H groups in total. The van der Waals surface area contributed by atoms with Crippen molar-refractivity contribution >= 4 is 27.6 Å². The Labute approximate surface area is 144 Å². The summed E-state index contributed by atoms with van der Waals surface area (Å²) in [4.78, 5) is 35.5. The molecule has 1 saturated heterocycles. The van der Waals surface area contributed by atoms with Crippen LogP contribution in [0.4, 0.5) is 0 Å². The highest BCUT2D eigenvalue weighted by Crippen LogP contribution is 2.16. The number of carbonyl (C=O) groups is 3. The fraction of sp³-hybridized carbons (Fsp3) is 0.400. The molecule has 9 nitrogen and oxygen atoms in total. The first-order valence-corrected chi connectivity index (χ1v) is 9.17. The van der Waals surface area contributed by atoms with Gasteiger partial charge in [-0.2, -0.15) is 0 Å². The van der Waals surface area contributed by atoms with Gasteiger partial charge in [-0.25, -0.2) is 8.42 Å². The topological polar surface area (TPSA) is 144 Å². The number of hydrogen-bond acceptors (Lipinski definition) is 6. The van der Waals surface area contributed by atoms with Gasteiger partial charge in [0.15, 0.2) is 15.1 Å². The van der Waals surface area contributed by atoms with Crippen LogP contribution in [-0.4, -0.2) is 66.9 Å². The summed E-state index contributed by atoms with van der Waals surface area (Å²) in [6.45, 7) is -0.405. The summed E-state index contributed by atoms with van der Waals surface area (Å²) >= 11 is 0. The molecule has 1 heterocycles. The maximum Gasteiger partial charge on any atom is 0.323 e. The number of hydrogen-bond donors (Lipinski definition) is 2. The summed E-state index contributed by atoms with van der Waals surface area (Å²) in [5, 5.41) is 7.39. The van der Waals surface area contributed by atoms with Gasteiger partial charge in [0.25, 0.3) is 0 Å². The molecule has 25 heavy (non-hydrogen) atoms. The van der Waals surface area contributed by atoms with Gasteiger partial charge >= 0.3 is 5.97 Å². The molecule has 0 aliphatic carbocycles. The highest BCUT2D eigenvalue weighted by atomic mass is 32.2. The Kier molecular flexibility index (Phi) is 5.62. The van der Waals surface area contributed by atoms with Crippen LogP contribution in [0.3, 0.4) is 0 Å². The third-order valence-corrected chi connectivity index (χ3v) is 5.77. The average Bonchev–Trinajstić information content (AvgIpc) is 2.54. The van der Waals surface area contributed by atoms with Crippen LogP contribution in [0.2, 0.25) is 0 Å². The van der Waals surface area contributed by atoms with Gasteiger partial charge < -0.3 is 20.5 Å². The van der Waals surface area contributed by atoms with Crippen molar-refractivity contribution in [2.75, 3.05) is 25.4 Å². The number of amides is 2. The molecule has 1 atom stereocenters. The van der Waals surface area contributed by atoms with Crippen molar-refractivity contribution in [3.8, 4) is 5.75 Å². The Hall–Kier alpha value is -2.62. The number of nitrogens with two attached hydrogens (primary N) is 1. The van der Waals surface area contributed by atoms with E-state index in [1.165, 1.54) is 17.0 Å². The van der Waals surface area contributed by atoms with E-state index in [1.807, 2.05) is 0 Å². The molecule has 1 fully saturated rings. The zero-order valence-electron chi connectivity index (χ0n) is 13.3. The summed E-state index contributed by atoms with van der Waals surface area (Å²) in [7, 11) is -3.73. The first-order valence-electron chi connectivity index (χ1n) is 7.45. The standard InChI is InChI=1S/C15H18N2O7S/c16-14(19)10-2-1-3-11(8-10)24-6-4-13(18)17-5-7-25(22,23)12(9-17)15(20)21/h1-3,8,12H,4-7,9H2,(H2,16,19)(H,20,21). The molecule has 0 saturated carbocycles. The zero-order chi connectivity index (χ0) is 18.6. The van der Waals surface area contributed by atoms with Crippen molar-refractivity contribution in [1.29, 1.82) is 0 Å². The summed E-state index contributed by atoms with van der Waals surface area (Å²) < 4.78 is 28.8. The number of benzene rings is 1. The fourth-order valence-corrected chi connectivity index (χ4v) is 3.87. The molecule has 10 heteroatoms. The van der Waals surface area contributed by atoms with Crippen LogP contribution in [-0.2, 0) is 19.4 Å². The Morgan fingerprint density at radius 3 is 2.68 bits per heavy atom. The van der Waals surface area contributed by atoms with Crippen LogP contribution in [0.15, 0.2) is 24.3 Å². The van der Waals surface area contributed by atoms with E-state index < -0.39 is 32.9 Å². The number of sulfone groups is 1. The lowest BCUT2D eigenvalue weighted by Gasteiger charge is -2.30. The van der Waals surface area contributed by atoms with Crippen LogP contribution in [0.25, 0.3) is 0 Å². The quantitative estimate of drug-likeness (QED) is 0.671. The van der Waals surface area contributed by atoms with Gasteiger partial charge in [-0.3, -0.25) is 14.4 Å². The van der Waals surface area contributed by atoms with Crippen LogP contribution in [0, 0.1) is 0 Å². The SMILES string of the molecule is NC(=O)c1cccc(OCCC(=O)N2CCS(=O)(=O)C(C(=O)O)C2)c1. The first-order chi connectivity index (χ1) is 11.7. The van der Waals surface area contributed by atoms with E-state index >= 15 is 0 Å². The number of primary amides is 1. The molecule has 0 radical (unpaired) electrons. The first kappa shape index (κ1) is 18.7. The van der Waals surface area contributed by atoms with E-state index in [0.29, 0.717) is 5.75 Å². The molecule has 1 aliphatic heterocycles. The van der Waals surface area contributed by atoms with Gasteiger partial charge in [0.1, 0.15) is 5.75 Å². The number of rotatable bonds is 6. The summed E-state index contributed by atoms with van der Waals surface area (Å²) in [6.07, 6.45) is -0.0484. The maximum absolute atomic E-state index is 12.1. The van der Waals surface area contributed by atoms with Crippen LogP contribution in [0.5, 0.6) is 5.75 Å². The summed E-state index contributed by atoms with van der Waals surface area (Å²) in [5.41, 5.74) is 5.44. The van der Waals surface area contributed by atoms with Crippen LogP contribution >= 0.6 is 0 Å². The smallest absolute Gasteiger partial charge is 0.323 e. The molecule has 1 unspecified atom stereocenters. The van der Waals surface area contributed by atoms with E-state index in [1.54, 1.807) is 12.1 Å². The highest BCUT2D eigenvalue weighted by molar-refractivity contribution is 7.92. The molecular weight excluding hydrogens is 352 g/mol. The van der Waals surface area contributed by atoms with E-state index in [4.69, 9.17) is 15.6 Å². The van der Waals surface area contributed by atoms with Gasteiger partial charge in [-0.15, -0.1) is 0 Å². The normalized spacial score (nSPS) is 19.2. The molecule has 1 aromatic carbocycles. The Bertz CT molecular complexity index is 791. The van der Waals surface area contributed by atoms with Crippen LogP contribution in [0.1, 0.15) is 16.8 Å². The lowest BCUT2D eigenvalue weighted by Crippen LogP contribution is -2.52. The molecule has 1 aromatic rings. The number of carbonyl (C=O) groups excluding carboxylic acids is 2. The van der Waals surface area contributed by atoms with Crippen molar-refractivity contribution in [3.05, 3.63) is 29.8 Å². The molecule has 1 aliphatic rings. The molecule has 0 aromatic heterocycles. The van der Waals surface area contributed by atoms with E-state index in [2.05, 4.69) is 0 Å². The molecule has 136 valence electrons. The largest absolute Gasteiger partial charge is 0.493 e. The zero-order valence-corrected chi connectivity index (χ0v) is 14.1. The monoisotopic (exact) mass is 370 g/mol. The molecule has 0 bridgehead atoms. The summed E-state index contributed by atoms with van der Waals surface area (Å²) in [5.74, 6) is -2.47. The second-order valence-electron chi connectivity index (χ2n) is 5.52. The second-order valence-corrected chi connectivity index (χ2v) is 7.83. The van der Waals surface area contributed by atoms with Gasteiger partial charge in [-0.1, -0.05) is 6.07 Å². The van der Waals surface area contributed by atoms with Crippen molar-refractivity contribution in [1.82, 2.24) is 4.90 Å². The number of carboxylic acid groups (broad SMARTS) is 1. The van der Waals surface area contributed by atoms with Crippen molar-refractivity contribution in [2.24, 2.45) is 5.73 Å². The number of nitrogens with zero attached hydrogens (tertiary/aromatic N) is 1. The minimum absolute atomic E-state index is 0.00202. The molecule has 0 spiro atoms. The predicted octanol–water partition coefficient (Wildman–Crippen LogP) is -0.735. The number of ether oxygens (including phenoxy) is 1. The van der Waals surface area contributed by atoms with Crippen molar-refractivity contribution < 1.29 is 32.6 Å². The highest BCUT2D eigenvalue weighted by Gasteiger charge is 2.39. The van der Waals surface area contributed by atoms with Gasteiger partial charge in [-0.05, 0) is 18.2 Å². The van der Waals surface area contributed by atoms with E-state index in [0.717, 1.165) is 0 Å². The van der Waals surface area contributed by atoms with E-state index in [9.17, 15) is 22.8 Å². The third-order valence-electron chi connectivity index (χ3n) is 3.80. The number of carboxylic acids is 1. The van der Waals surface area contributed by atoms with Gasteiger partial charge in [0, 0.05) is 18.7 Å². The molecular formula is C15H18N2O7S. The summed E-state index contributed by atoms with van der Waals surface area (Å²) in [6, 6.07) is 6.16. The third kappa shape index (κ3) is 4.69. The van der Waals surface area contributed by atoms with Gasteiger partial charge in [0.2, 0.25) is 11.8 Å². The van der Waals surface area contributed by atoms with Crippen LogP contribution < -0.4 is 10.5 Å².